The lowest BCUT2D eigenvalue weighted by atomic mass is 10.1. The molecule has 11 heteroatoms. The molecule has 162 valence electrons. The van der Waals surface area contributed by atoms with E-state index in [1.807, 2.05) is 0 Å². The third-order valence-electron chi connectivity index (χ3n) is 2.98. The van der Waals surface area contributed by atoms with Gasteiger partial charge in [0.05, 0.1) is 6.61 Å². The number of hydrogen-bond acceptors (Lipinski definition) is 11. The van der Waals surface area contributed by atoms with Crippen LogP contribution in [0.2, 0.25) is 0 Å². The van der Waals surface area contributed by atoms with Crippen LogP contribution < -0.4 is 0 Å². The molecule has 0 radical (unpaired) electrons. The van der Waals surface area contributed by atoms with Gasteiger partial charge in [-0.25, -0.2) is 4.79 Å². The van der Waals surface area contributed by atoms with Gasteiger partial charge in [-0.1, -0.05) is 0 Å². The second-order valence-corrected chi connectivity index (χ2v) is 5.54. The van der Waals surface area contributed by atoms with Gasteiger partial charge in [0.25, 0.3) is 5.78 Å². The van der Waals surface area contributed by atoms with Crippen LogP contribution in [0.15, 0.2) is 12.2 Å². The summed E-state index contributed by atoms with van der Waals surface area (Å²) in [5.41, 5.74) is 0. The Kier molecular flexibility index (Phi) is 11.6. The Morgan fingerprint density at radius 1 is 0.759 bits per heavy atom. The van der Waals surface area contributed by atoms with Crippen LogP contribution in [0.25, 0.3) is 0 Å². The van der Waals surface area contributed by atoms with Crippen LogP contribution in [-0.2, 0) is 52.5 Å². The molecular weight excluding hydrogens is 392 g/mol. The van der Waals surface area contributed by atoms with Crippen molar-refractivity contribution in [3.8, 4) is 0 Å². The first-order chi connectivity index (χ1) is 13.5. The lowest BCUT2D eigenvalue weighted by molar-refractivity contribution is -0.185. The predicted octanol–water partition coefficient (Wildman–Crippen LogP) is 0.0330. The Bertz CT molecular complexity index is 665. The quantitative estimate of drug-likeness (QED) is 0.194. The zero-order valence-electron chi connectivity index (χ0n) is 16.8. The number of carbonyl (C=O) groups is 6. The molecule has 11 nitrogen and oxygen atoms in total. The summed E-state index contributed by atoms with van der Waals surface area (Å²) in [6, 6.07) is 0. The molecule has 0 fully saturated rings. The van der Waals surface area contributed by atoms with E-state index in [0.29, 0.717) is 0 Å². The first-order valence-electron chi connectivity index (χ1n) is 8.52. The molecule has 0 saturated heterocycles. The third kappa shape index (κ3) is 11.3. The van der Waals surface area contributed by atoms with Crippen molar-refractivity contribution >= 4 is 35.6 Å². The SMILES string of the molecule is CCOC(=O)C(=O)/C=C/[C@@H](OC(C)=O)[C@H](OC(C)=O)[C@@H](COC(C)=O)OC(C)=O. The van der Waals surface area contributed by atoms with Gasteiger partial charge in [-0.2, -0.15) is 0 Å². The van der Waals surface area contributed by atoms with Crippen LogP contribution in [0.5, 0.6) is 0 Å². The second kappa shape index (κ2) is 13.0. The largest absolute Gasteiger partial charge is 0.462 e. The standard InChI is InChI=1S/C18H24O11/c1-6-25-18(24)14(23)7-8-15(27-11(3)20)17(29-13(5)22)16(28-12(4)21)9-26-10(2)19/h7-8,15-17H,6,9H2,1-5H3/b8-7+/t15-,16-,17+/m1/s1. The molecular formula is C18H24O11. The molecule has 0 aromatic heterocycles. The van der Waals surface area contributed by atoms with Crippen molar-refractivity contribution in [2.75, 3.05) is 13.2 Å². The van der Waals surface area contributed by atoms with E-state index in [0.717, 1.165) is 39.8 Å². The van der Waals surface area contributed by atoms with Crippen molar-refractivity contribution in [1.29, 1.82) is 0 Å². The van der Waals surface area contributed by atoms with Crippen molar-refractivity contribution in [3.05, 3.63) is 12.2 Å². The van der Waals surface area contributed by atoms with E-state index in [9.17, 15) is 28.8 Å². The van der Waals surface area contributed by atoms with Crippen molar-refractivity contribution in [1.82, 2.24) is 0 Å². The summed E-state index contributed by atoms with van der Waals surface area (Å²) in [6.07, 6.45) is -2.57. The zero-order chi connectivity index (χ0) is 22.6. The molecule has 0 aliphatic rings. The van der Waals surface area contributed by atoms with E-state index >= 15 is 0 Å². The van der Waals surface area contributed by atoms with Gasteiger partial charge in [0.1, 0.15) is 6.61 Å². The lowest BCUT2D eigenvalue weighted by Gasteiger charge is -2.30. The smallest absolute Gasteiger partial charge is 0.378 e. The Hall–Kier alpha value is -3.24. The average molecular weight is 416 g/mol. The van der Waals surface area contributed by atoms with Gasteiger partial charge in [0.15, 0.2) is 18.3 Å². The minimum absolute atomic E-state index is 0.0290. The van der Waals surface area contributed by atoms with Gasteiger partial charge in [0, 0.05) is 27.7 Å². The minimum Gasteiger partial charge on any atom is -0.462 e. The molecule has 0 aliphatic carbocycles. The molecule has 0 unspecified atom stereocenters. The maximum Gasteiger partial charge on any atom is 0.378 e. The molecule has 0 aromatic carbocycles. The summed E-state index contributed by atoms with van der Waals surface area (Å²) >= 11 is 0. The molecule has 0 N–H and O–H groups in total. The summed E-state index contributed by atoms with van der Waals surface area (Å²) in [5.74, 6) is -5.37. The molecule has 3 atom stereocenters. The Balaban J connectivity index is 5.88. The Morgan fingerprint density at radius 2 is 1.31 bits per heavy atom. The average Bonchev–Trinajstić information content (AvgIpc) is 2.59. The van der Waals surface area contributed by atoms with E-state index < -0.39 is 60.5 Å². The molecule has 0 aromatic rings. The van der Waals surface area contributed by atoms with Crippen molar-refractivity contribution in [3.63, 3.8) is 0 Å². The maximum absolute atomic E-state index is 11.8. The summed E-state index contributed by atoms with van der Waals surface area (Å²) in [7, 11) is 0. The molecule has 0 saturated carbocycles. The van der Waals surface area contributed by atoms with Crippen molar-refractivity contribution in [2.45, 2.75) is 52.9 Å². The Morgan fingerprint density at radius 3 is 1.76 bits per heavy atom. The number of ether oxygens (including phenoxy) is 5. The summed E-state index contributed by atoms with van der Waals surface area (Å²) in [4.78, 5) is 68.7. The lowest BCUT2D eigenvalue weighted by Crippen LogP contribution is -2.46. The number of hydrogen-bond donors (Lipinski definition) is 0. The van der Waals surface area contributed by atoms with E-state index in [1.165, 1.54) is 6.92 Å². The molecule has 0 amide bonds. The topological polar surface area (TPSA) is 149 Å². The normalized spacial score (nSPS) is 13.6. The maximum atomic E-state index is 11.8. The van der Waals surface area contributed by atoms with E-state index in [-0.39, 0.29) is 6.61 Å². The van der Waals surface area contributed by atoms with Crippen LogP contribution in [0.3, 0.4) is 0 Å². The highest BCUT2D eigenvalue weighted by Crippen LogP contribution is 2.16. The van der Waals surface area contributed by atoms with Gasteiger partial charge in [-0.15, -0.1) is 0 Å². The fourth-order valence-corrected chi connectivity index (χ4v) is 2.01. The molecule has 0 rings (SSSR count). The highest BCUT2D eigenvalue weighted by Gasteiger charge is 2.37. The highest BCUT2D eigenvalue weighted by molar-refractivity contribution is 6.38. The number of carbonyl (C=O) groups excluding carboxylic acids is 6. The van der Waals surface area contributed by atoms with Crippen LogP contribution >= 0.6 is 0 Å². The van der Waals surface area contributed by atoms with E-state index in [1.54, 1.807) is 0 Å². The first kappa shape index (κ1) is 25.8. The van der Waals surface area contributed by atoms with Gasteiger partial charge >= 0.3 is 29.8 Å². The highest BCUT2D eigenvalue weighted by atomic mass is 16.6. The number of esters is 5. The number of rotatable bonds is 11. The van der Waals surface area contributed by atoms with Crippen LogP contribution in [0.1, 0.15) is 34.6 Å². The third-order valence-corrected chi connectivity index (χ3v) is 2.98. The minimum atomic E-state index is -1.48. The molecule has 0 bridgehead atoms. The fraction of sp³-hybridized carbons (Fsp3) is 0.556. The van der Waals surface area contributed by atoms with Gasteiger partial charge in [0.2, 0.25) is 0 Å². The van der Waals surface area contributed by atoms with Gasteiger partial charge in [-0.3, -0.25) is 24.0 Å². The fourth-order valence-electron chi connectivity index (χ4n) is 2.01. The first-order valence-corrected chi connectivity index (χ1v) is 8.52. The molecule has 29 heavy (non-hydrogen) atoms. The van der Waals surface area contributed by atoms with Crippen molar-refractivity contribution in [2.24, 2.45) is 0 Å². The summed E-state index contributed by atoms with van der Waals surface area (Å²) in [5, 5.41) is 0. The zero-order valence-corrected chi connectivity index (χ0v) is 16.8. The van der Waals surface area contributed by atoms with Gasteiger partial charge in [-0.05, 0) is 19.1 Å². The van der Waals surface area contributed by atoms with Crippen LogP contribution in [-0.4, -0.2) is 67.2 Å². The van der Waals surface area contributed by atoms with Crippen LogP contribution in [0, 0.1) is 0 Å². The predicted molar refractivity (Wildman–Crippen MR) is 94.1 cm³/mol. The Labute approximate surface area is 167 Å². The van der Waals surface area contributed by atoms with Crippen molar-refractivity contribution < 1.29 is 52.5 Å². The van der Waals surface area contributed by atoms with Gasteiger partial charge < -0.3 is 23.7 Å². The van der Waals surface area contributed by atoms with E-state index in [4.69, 9.17) is 18.9 Å². The summed E-state index contributed by atoms with van der Waals surface area (Å²) in [6.45, 7) is 5.21. The molecule has 0 heterocycles. The molecule has 0 aliphatic heterocycles. The summed E-state index contributed by atoms with van der Waals surface area (Å²) < 4.78 is 24.5. The van der Waals surface area contributed by atoms with Crippen LogP contribution in [0.4, 0.5) is 0 Å². The number of ketones is 1. The van der Waals surface area contributed by atoms with E-state index in [2.05, 4.69) is 4.74 Å². The second-order valence-electron chi connectivity index (χ2n) is 5.54. The molecule has 0 spiro atoms. The monoisotopic (exact) mass is 416 g/mol.